The van der Waals surface area contributed by atoms with Crippen molar-refractivity contribution < 1.29 is 33.6 Å². The summed E-state index contributed by atoms with van der Waals surface area (Å²) >= 11 is 0. The van der Waals surface area contributed by atoms with Crippen molar-refractivity contribution in [1.29, 1.82) is 0 Å². The minimum Gasteiger partial charge on any atom is -0.478 e. The number of carbonyl (C=O) groups excluding carboxylic acids is 1. The number of aliphatic carboxylic acids is 1. The minimum absolute atomic E-state index is 0.0987. The maximum Gasteiger partial charge on any atom is 0.352 e. The molecule has 0 amide bonds. The molecule has 0 bridgehead atoms. The lowest BCUT2D eigenvalue weighted by molar-refractivity contribution is -0.156. The van der Waals surface area contributed by atoms with Crippen LogP contribution in [0.2, 0.25) is 0 Å². The molecule has 1 aliphatic heterocycles. The van der Waals surface area contributed by atoms with Crippen LogP contribution in [0.4, 0.5) is 0 Å². The van der Waals surface area contributed by atoms with Gasteiger partial charge in [0.15, 0.2) is 11.5 Å². The van der Waals surface area contributed by atoms with Crippen molar-refractivity contribution in [2.24, 2.45) is 0 Å². The van der Waals surface area contributed by atoms with Crippen molar-refractivity contribution in [3.63, 3.8) is 0 Å². The second kappa shape index (κ2) is 8.43. The number of esters is 1. The van der Waals surface area contributed by atoms with Crippen LogP contribution < -0.4 is 14.2 Å². The van der Waals surface area contributed by atoms with Gasteiger partial charge in [0, 0.05) is 5.56 Å². The molecule has 29 heavy (non-hydrogen) atoms. The molecule has 154 valence electrons. The molecule has 0 spiro atoms. The second-order valence-electron chi connectivity index (χ2n) is 6.72. The van der Waals surface area contributed by atoms with E-state index < -0.39 is 17.5 Å². The lowest BCUT2D eigenvalue weighted by atomic mass is 9.90. The Morgan fingerprint density at radius 3 is 2.52 bits per heavy atom. The highest BCUT2D eigenvalue weighted by atomic mass is 16.7. The predicted octanol–water partition coefficient (Wildman–Crippen LogP) is 3.92. The molecule has 0 fully saturated rings. The number of rotatable bonds is 8. The van der Waals surface area contributed by atoms with Crippen LogP contribution in [-0.2, 0) is 21.6 Å². The van der Waals surface area contributed by atoms with Crippen LogP contribution in [0.25, 0.3) is 0 Å². The number of methoxy groups -OCH3 is 1. The Morgan fingerprint density at radius 1 is 1.10 bits per heavy atom. The van der Waals surface area contributed by atoms with Gasteiger partial charge in [-0.05, 0) is 48.7 Å². The van der Waals surface area contributed by atoms with Crippen LogP contribution in [-0.4, -0.2) is 30.9 Å². The highest BCUT2D eigenvalue weighted by Crippen LogP contribution is 2.40. The normalized spacial score (nSPS) is 14.2. The van der Waals surface area contributed by atoms with Crippen LogP contribution in [0.3, 0.4) is 0 Å². The summed E-state index contributed by atoms with van der Waals surface area (Å²) in [5, 5.41) is 10.1. The van der Waals surface area contributed by atoms with Crippen LogP contribution >= 0.6 is 0 Å². The van der Waals surface area contributed by atoms with Crippen molar-refractivity contribution in [3.8, 4) is 17.2 Å². The van der Waals surface area contributed by atoms with Gasteiger partial charge in [0.05, 0.1) is 12.7 Å². The molecule has 7 nitrogen and oxygen atoms in total. The lowest BCUT2D eigenvalue weighted by Crippen LogP contribution is -2.41. The highest BCUT2D eigenvalue weighted by molar-refractivity contribution is 5.89. The topological polar surface area (TPSA) is 91.3 Å². The van der Waals surface area contributed by atoms with E-state index >= 15 is 0 Å². The average molecular weight is 400 g/mol. The zero-order chi connectivity index (χ0) is 21.0. The summed E-state index contributed by atoms with van der Waals surface area (Å²) in [5.74, 6) is -0.0947. The molecule has 0 radical (unpaired) electrons. The summed E-state index contributed by atoms with van der Waals surface area (Å²) in [6, 6.07) is 9.88. The van der Waals surface area contributed by atoms with Crippen molar-refractivity contribution in [2.75, 3.05) is 13.9 Å². The van der Waals surface area contributed by atoms with Crippen LogP contribution in [0.15, 0.2) is 36.4 Å². The fraction of sp³-hybridized carbons (Fsp3) is 0.364. The molecule has 0 saturated heterocycles. The number of hydrogen-bond donors (Lipinski definition) is 1. The number of hydrogen-bond acceptors (Lipinski definition) is 6. The molecule has 3 rings (SSSR count). The third kappa shape index (κ3) is 3.85. The Balaban J connectivity index is 2.05. The highest BCUT2D eigenvalue weighted by Gasteiger charge is 2.43. The first kappa shape index (κ1) is 20.5. The number of benzene rings is 2. The van der Waals surface area contributed by atoms with Crippen molar-refractivity contribution in [1.82, 2.24) is 0 Å². The molecule has 1 unspecified atom stereocenters. The third-order valence-corrected chi connectivity index (χ3v) is 4.97. The summed E-state index contributed by atoms with van der Waals surface area (Å²) in [7, 11) is 1.32. The van der Waals surface area contributed by atoms with Gasteiger partial charge < -0.3 is 24.1 Å². The standard InChI is InChI=1S/C22H24O7/c1-4-6-14-11-15(20(23)26-3)7-9-17(14)29-22(5-2,21(24)25)16-8-10-18-19(12-16)28-13-27-18/h7-12H,4-6,13H2,1-3H3,(H,24,25). The predicted molar refractivity (Wildman–Crippen MR) is 105 cm³/mol. The summed E-state index contributed by atoms with van der Waals surface area (Å²) < 4.78 is 21.7. The van der Waals surface area contributed by atoms with Gasteiger partial charge in [0.2, 0.25) is 12.4 Å². The first-order valence-electron chi connectivity index (χ1n) is 9.49. The SMILES string of the molecule is CCCc1cc(C(=O)OC)ccc1OC(CC)(C(=O)O)c1ccc2c(c1)OCO2. The lowest BCUT2D eigenvalue weighted by Gasteiger charge is -2.31. The Bertz CT molecular complexity index is 921. The monoisotopic (exact) mass is 400 g/mol. The maximum atomic E-state index is 12.4. The summed E-state index contributed by atoms with van der Waals surface area (Å²) in [6.07, 6.45) is 1.62. The number of carboxylic acids is 1. The van der Waals surface area contributed by atoms with E-state index in [0.717, 1.165) is 12.0 Å². The summed E-state index contributed by atoms with van der Waals surface area (Å²) in [4.78, 5) is 24.3. The molecule has 0 aromatic heterocycles. The average Bonchev–Trinajstić information content (AvgIpc) is 3.20. The molecule has 1 N–H and O–H groups in total. The number of carbonyl (C=O) groups is 2. The Hall–Kier alpha value is -3.22. The Kier molecular flexibility index (Phi) is 5.96. The quantitative estimate of drug-likeness (QED) is 0.672. The zero-order valence-electron chi connectivity index (χ0n) is 16.7. The van der Waals surface area contributed by atoms with Crippen molar-refractivity contribution in [2.45, 2.75) is 38.7 Å². The molecule has 1 heterocycles. The first-order chi connectivity index (χ1) is 13.9. The molecular weight excluding hydrogens is 376 g/mol. The Morgan fingerprint density at radius 2 is 1.86 bits per heavy atom. The van der Waals surface area contributed by atoms with Crippen molar-refractivity contribution in [3.05, 3.63) is 53.1 Å². The molecule has 2 aromatic rings. The molecular formula is C22H24O7. The van der Waals surface area contributed by atoms with Gasteiger partial charge in [0.1, 0.15) is 5.75 Å². The zero-order valence-corrected chi connectivity index (χ0v) is 16.7. The van der Waals surface area contributed by atoms with Crippen LogP contribution in [0.1, 0.15) is 48.2 Å². The van der Waals surface area contributed by atoms with E-state index in [2.05, 4.69) is 0 Å². The van der Waals surface area contributed by atoms with Gasteiger partial charge in [-0.3, -0.25) is 0 Å². The fourth-order valence-electron chi connectivity index (χ4n) is 3.38. The van der Waals surface area contributed by atoms with Crippen molar-refractivity contribution >= 4 is 11.9 Å². The van der Waals surface area contributed by atoms with E-state index in [1.54, 1.807) is 43.3 Å². The molecule has 1 atom stereocenters. The van der Waals surface area contributed by atoms with Gasteiger partial charge in [-0.15, -0.1) is 0 Å². The maximum absolute atomic E-state index is 12.4. The van der Waals surface area contributed by atoms with Gasteiger partial charge in [0.25, 0.3) is 0 Å². The van der Waals surface area contributed by atoms with E-state index in [-0.39, 0.29) is 13.2 Å². The first-order valence-corrected chi connectivity index (χ1v) is 9.49. The minimum atomic E-state index is -1.61. The molecule has 1 aliphatic rings. The third-order valence-electron chi connectivity index (χ3n) is 4.97. The van der Waals surface area contributed by atoms with E-state index in [4.69, 9.17) is 18.9 Å². The second-order valence-corrected chi connectivity index (χ2v) is 6.72. The van der Waals surface area contributed by atoms with Gasteiger partial charge in [-0.2, -0.15) is 0 Å². The molecule has 2 aromatic carbocycles. The number of fused-ring (bicyclic) bond motifs is 1. The van der Waals surface area contributed by atoms with E-state index in [9.17, 15) is 14.7 Å². The smallest absolute Gasteiger partial charge is 0.352 e. The van der Waals surface area contributed by atoms with Crippen LogP contribution in [0, 0.1) is 0 Å². The number of ether oxygens (including phenoxy) is 4. The Labute approximate surface area is 169 Å². The van der Waals surface area contributed by atoms with Gasteiger partial charge >= 0.3 is 11.9 Å². The van der Waals surface area contributed by atoms with Gasteiger partial charge in [-0.1, -0.05) is 26.3 Å². The van der Waals surface area contributed by atoms with Gasteiger partial charge in [-0.25, -0.2) is 9.59 Å². The summed E-state index contributed by atoms with van der Waals surface area (Å²) in [6.45, 7) is 3.85. The molecule has 0 saturated carbocycles. The fourth-order valence-corrected chi connectivity index (χ4v) is 3.38. The summed E-state index contributed by atoms with van der Waals surface area (Å²) in [5.41, 5.74) is -0.0220. The van der Waals surface area contributed by atoms with E-state index in [1.807, 2.05) is 6.92 Å². The van der Waals surface area contributed by atoms with E-state index in [0.29, 0.717) is 34.8 Å². The van der Waals surface area contributed by atoms with Crippen LogP contribution in [0.5, 0.6) is 17.2 Å². The number of aryl methyl sites for hydroxylation is 1. The molecule has 0 aliphatic carbocycles. The largest absolute Gasteiger partial charge is 0.478 e. The molecule has 7 heteroatoms. The number of carboxylic acid groups (broad SMARTS) is 1. The van der Waals surface area contributed by atoms with E-state index in [1.165, 1.54) is 7.11 Å².